The van der Waals surface area contributed by atoms with E-state index >= 15 is 0 Å². The van der Waals surface area contributed by atoms with Crippen LogP contribution in [0.5, 0.6) is 0 Å². The molecule has 0 aliphatic rings. The van der Waals surface area contributed by atoms with Crippen LogP contribution in [0.3, 0.4) is 0 Å². The van der Waals surface area contributed by atoms with Gasteiger partial charge < -0.3 is 0 Å². The summed E-state index contributed by atoms with van der Waals surface area (Å²) in [5, 5.41) is 0.662. The number of anilines is 2. The lowest BCUT2D eigenvalue weighted by Crippen LogP contribution is -2.24. The first-order valence-corrected chi connectivity index (χ1v) is 7.90. The van der Waals surface area contributed by atoms with Gasteiger partial charge in [0.05, 0.1) is 35.1 Å². The molecule has 2 aromatic heterocycles. The Hall–Kier alpha value is -2.95. The van der Waals surface area contributed by atoms with E-state index in [1.807, 2.05) is 0 Å². The number of nitrogens with zero attached hydrogens (tertiary/aromatic N) is 4. The minimum absolute atomic E-state index is 0.0317. The van der Waals surface area contributed by atoms with Crippen molar-refractivity contribution in [2.45, 2.75) is 19.3 Å². The zero-order valence-corrected chi connectivity index (χ0v) is 14.2. The summed E-state index contributed by atoms with van der Waals surface area (Å²) in [6.45, 7) is 1.43. The van der Waals surface area contributed by atoms with Gasteiger partial charge in [0, 0.05) is 6.20 Å². The van der Waals surface area contributed by atoms with Gasteiger partial charge in [0.25, 0.3) is 5.95 Å². The summed E-state index contributed by atoms with van der Waals surface area (Å²) >= 11 is 0. The van der Waals surface area contributed by atoms with Gasteiger partial charge in [0.15, 0.2) is 0 Å². The lowest BCUT2D eigenvalue weighted by molar-refractivity contribution is -0.143. The molecule has 0 atom stereocenters. The molecule has 28 heavy (non-hydrogen) atoms. The first kappa shape index (κ1) is 19.8. The fourth-order valence-corrected chi connectivity index (χ4v) is 2.44. The summed E-state index contributed by atoms with van der Waals surface area (Å²) in [6, 6.07) is 4.39. The monoisotopic (exact) mass is 402 g/mol. The van der Waals surface area contributed by atoms with Crippen LogP contribution in [0.25, 0.3) is 11.0 Å². The maximum atomic E-state index is 13.5. The van der Waals surface area contributed by atoms with Crippen molar-refractivity contribution in [3.05, 3.63) is 53.9 Å². The molecular weight excluding hydrogens is 390 g/mol. The van der Waals surface area contributed by atoms with Crippen molar-refractivity contribution in [2.75, 3.05) is 11.7 Å². The highest BCUT2D eigenvalue weighted by molar-refractivity contribution is 5.75. The predicted molar refractivity (Wildman–Crippen MR) is 87.5 cm³/mol. The molecule has 0 saturated heterocycles. The van der Waals surface area contributed by atoms with Crippen LogP contribution in [0.2, 0.25) is 0 Å². The van der Waals surface area contributed by atoms with Crippen LogP contribution in [0.4, 0.5) is 38.0 Å². The predicted octanol–water partition coefficient (Wildman–Crippen LogP) is 5.15. The van der Waals surface area contributed by atoms with Crippen molar-refractivity contribution in [1.29, 1.82) is 0 Å². The summed E-state index contributed by atoms with van der Waals surface area (Å²) in [4.78, 5) is 17.3. The Kier molecular flexibility index (Phi) is 5.11. The van der Waals surface area contributed by atoms with Crippen molar-refractivity contribution < 1.29 is 31.2 Å². The van der Waals surface area contributed by atoms with Crippen molar-refractivity contribution in [3.8, 4) is 0 Å². The molecule has 148 valence electrons. The smallest absolute Gasteiger partial charge is 0.266 e. The van der Waals surface area contributed by atoms with Gasteiger partial charge in [0.2, 0.25) is 0 Å². The molecule has 0 radical (unpaired) electrons. The lowest BCUT2D eigenvalue weighted by atomic mass is 10.1. The van der Waals surface area contributed by atoms with Crippen molar-refractivity contribution >= 4 is 22.7 Å². The second-order valence-electron chi connectivity index (χ2n) is 5.52. The average molecular weight is 402 g/mol. The van der Waals surface area contributed by atoms with E-state index in [2.05, 4.69) is 15.0 Å². The number of halogens is 6. The van der Waals surface area contributed by atoms with E-state index < -0.39 is 29.2 Å². The number of rotatable bonds is 4. The van der Waals surface area contributed by atoms with Crippen LogP contribution in [-0.4, -0.2) is 21.6 Å². The number of aromatic nitrogens is 3. The fraction of sp³-hybridized carbons (Fsp3) is 0.235. The van der Waals surface area contributed by atoms with Crippen LogP contribution in [0.15, 0.2) is 42.7 Å². The number of benzene rings is 1. The van der Waals surface area contributed by atoms with Crippen LogP contribution < -0.4 is 5.06 Å². The third kappa shape index (κ3) is 3.98. The van der Waals surface area contributed by atoms with Crippen LogP contribution in [0.1, 0.15) is 18.1 Å². The molecule has 0 saturated carbocycles. The Morgan fingerprint density at radius 1 is 0.964 bits per heavy atom. The summed E-state index contributed by atoms with van der Waals surface area (Å²) in [7, 11) is 0. The highest BCUT2D eigenvalue weighted by atomic mass is 19.4. The molecule has 5 nitrogen and oxygen atoms in total. The van der Waals surface area contributed by atoms with Crippen LogP contribution in [0, 0.1) is 0 Å². The number of pyridine rings is 1. The third-order valence-corrected chi connectivity index (χ3v) is 3.63. The summed E-state index contributed by atoms with van der Waals surface area (Å²) in [5.74, 6) is -0.271. The maximum Gasteiger partial charge on any atom is 0.418 e. The van der Waals surface area contributed by atoms with Crippen molar-refractivity contribution in [1.82, 2.24) is 15.0 Å². The molecule has 0 aliphatic carbocycles. The van der Waals surface area contributed by atoms with E-state index in [1.165, 1.54) is 19.3 Å². The molecule has 0 spiro atoms. The molecule has 2 heterocycles. The van der Waals surface area contributed by atoms with Gasteiger partial charge in [-0.05, 0) is 37.3 Å². The zero-order valence-electron chi connectivity index (χ0n) is 14.2. The molecule has 0 bridgehead atoms. The number of alkyl halides is 6. The Bertz CT molecular complexity index is 989. The van der Waals surface area contributed by atoms with E-state index in [0.29, 0.717) is 28.2 Å². The van der Waals surface area contributed by atoms with Crippen molar-refractivity contribution in [2.24, 2.45) is 0 Å². The second-order valence-corrected chi connectivity index (χ2v) is 5.52. The number of fused-ring (bicyclic) bond motifs is 1. The van der Waals surface area contributed by atoms with E-state index in [0.717, 1.165) is 0 Å². The number of hydrogen-bond donors (Lipinski definition) is 0. The van der Waals surface area contributed by atoms with Gasteiger partial charge >= 0.3 is 12.4 Å². The van der Waals surface area contributed by atoms with Gasteiger partial charge in [-0.3, -0.25) is 9.82 Å². The Morgan fingerprint density at radius 3 is 2.36 bits per heavy atom. The normalized spacial score (nSPS) is 12.4. The van der Waals surface area contributed by atoms with Gasteiger partial charge in [-0.25, -0.2) is 9.97 Å². The minimum Gasteiger partial charge on any atom is -0.266 e. The Morgan fingerprint density at radius 2 is 1.71 bits per heavy atom. The largest absolute Gasteiger partial charge is 0.418 e. The fourth-order valence-electron chi connectivity index (χ4n) is 2.44. The lowest BCUT2D eigenvalue weighted by Gasteiger charge is -2.25. The first-order chi connectivity index (χ1) is 13.1. The molecule has 1 aromatic carbocycles. The molecule has 0 N–H and O–H groups in total. The quantitative estimate of drug-likeness (QED) is 0.446. The molecule has 3 aromatic rings. The highest BCUT2D eigenvalue weighted by Gasteiger charge is 2.40. The van der Waals surface area contributed by atoms with Gasteiger partial charge in [-0.2, -0.15) is 31.4 Å². The molecular formula is C17H12F6N4O. The average Bonchev–Trinajstić information content (AvgIpc) is 2.64. The Balaban J connectivity index is 2.18. The van der Waals surface area contributed by atoms with Gasteiger partial charge in [-0.15, -0.1) is 0 Å². The SMILES string of the molecule is CCON(c1ncc2ncccc2n1)c1ccc(C(F)(F)F)cc1C(F)(F)F. The van der Waals surface area contributed by atoms with Crippen molar-refractivity contribution in [3.63, 3.8) is 0 Å². The summed E-state index contributed by atoms with van der Waals surface area (Å²) in [6.07, 6.45) is -7.23. The standard InChI is InChI=1S/C17H12F6N4O/c1-2-28-27(15-25-9-13-12(26-15)4-3-7-24-13)14-6-5-10(16(18,19)20)8-11(14)17(21,22)23/h3-9H,2H2,1H3. The molecule has 0 amide bonds. The molecule has 11 heteroatoms. The van der Waals surface area contributed by atoms with E-state index in [9.17, 15) is 26.3 Å². The molecule has 3 rings (SSSR count). The summed E-state index contributed by atoms with van der Waals surface area (Å²) < 4.78 is 79.1. The van der Waals surface area contributed by atoms with Crippen LogP contribution in [-0.2, 0) is 17.2 Å². The number of hydrogen-bond acceptors (Lipinski definition) is 5. The third-order valence-electron chi connectivity index (χ3n) is 3.63. The highest BCUT2D eigenvalue weighted by Crippen LogP contribution is 2.42. The van der Waals surface area contributed by atoms with Gasteiger partial charge in [0.1, 0.15) is 5.52 Å². The van der Waals surface area contributed by atoms with E-state index in [-0.39, 0.29) is 18.6 Å². The van der Waals surface area contributed by atoms with E-state index in [1.54, 1.807) is 12.1 Å². The maximum absolute atomic E-state index is 13.5. The topological polar surface area (TPSA) is 51.1 Å². The second kappa shape index (κ2) is 7.23. The first-order valence-electron chi connectivity index (χ1n) is 7.90. The molecule has 0 unspecified atom stereocenters. The molecule has 0 aliphatic heterocycles. The minimum atomic E-state index is -5.07. The molecule has 0 fully saturated rings. The van der Waals surface area contributed by atoms with Gasteiger partial charge in [-0.1, -0.05) is 0 Å². The van der Waals surface area contributed by atoms with E-state index in [4.69, 9.17) is 4.84 Å². The zero-order chi connectivity index (χ0) is 20.5. The van der Waals surface area contributed by atoms with Crippen LogP contribution >= 0.6 is 0 Å². The Labute approximate surface area is 154 Å². The summed E-state index contributed by atoms with van der Waals surface area (Å²) in [5.41, 5.74) is -2.89.